The Morgan fingerprint density at radius 1 is 1.09 bits per heavy atom. The van der Waals surface area contributed by atoms with Gasteiger partial charge >= 0.3 is 12.1 Å². The lowest BCUT2D eigenvalue weighted by molar-refractivity contribution is -0.141. The van der Waals surface area contributed by atoms with E-state index in [4.69, 9.17) is 4.74 Å². The molecule has 0 saturated heterocycles. The van der Waals surface area contributed by atoms with Crippen LogP contribution in [0, 0.1) is 12.8 Å². The first-order chi connectivity index (χ1) is 16.1. The number of carboxylic acids is 1. The summed E-state index contributed by atoms with van der Waals surface area (Å²) in [5.41, 5.74) is 0.854. The molecule has 1 aliphatic rings. The van der Waals surface area contributed by atoms with Gasteiger partial charge in [0.25, 0.3) is 5.91 Å². The fourth-order valence-electron chi connectivity index (χ4n) is 4.06. The molecule has 1 atom stereocenters. The van der Waals surface area contributed by atoms with Gasteiger partial charge in [0, 0.05) is 5.39 Å². The lowest BCUT2D eigenvalue weighted by Crippen LogP contribution is -2.48. The third kappa shape index (κ3) is 5.00. The maximum absolute atomic E-state index is 13.1. The van der Waals surface area contributed by atoms with Crippen LogP contribution in [0.4, 0.5) is 13.2 Å². The van der Waals surface area contributed by atoms with E-state index in [1.54, 1.807) is 12.1 Å². The Bertz CT molecular complexity index is 1220. The topological polar surface area (TPSA) is 75.6 Å². The summed E-state index contributed by atoms with van der Waals surface area (Å²) in [6.07, 6.45) is -2.02. The summed E-state index contributed by atoms with van der Waals surface area (Å²) in [6.45, 7) is 1.83. The molecule has 4 rings (SSSR count). The molecule has 3 aromatic rings. The van der Waals surface area contributed by atoms with Gasteiger partial charge in [-0.25, -0.2) is 4.79 Å². The van der Waals surface area contributed by atoms with Crippen molar-refractivity contribution in [2.24, 2.45) is 5.92 Å². The molecule has 0 aliphatic heterocycles. The van der Waals surface area contributed by atoms with Crippen LogP contribution in [0.3, 0.4) is 0 Å². The number of rotatable bonds is 7. The number of alkyl halides is 3. The molecule has 0 heterocycles. The van der Waals surface area contributed by atoms with E-state index in [9.17, 15) is 27.9 Å². The number of hydrogen-bond donors (Lipinski definition) is 2. The van der Waals surface area contributed by atoms with Crippen LogP contribution < -0.4 is 10.1 Å². The standard InChI is InChI=1S/C26H24F3NO4/c1-15-5-8-17-9-12-20(24(31)30-22(25(32)33)18-3-2-4-18)23(21(17)13-15)34-14-16-6-10-19(11-7-16)26(27,28)29/h5-13,18,22H,2-4,14H2,1H3,(H,30,31)(H,32,33). The van der Waals surface area contributed by atoms with Crippen LogP contribution in [-0.2, 0) is 17.6 Å². The highest BCUT2D eigenvalue weighted by molar-refractivity contribution is 6.05. The van der Waals surface area contributed by atoms with E-state index in [0.717, 1.165) is 42.3 Å². The summed E-state index contributed by atoms with van der Waals surface area (Å²) in [5.74, 6) is -1.50. The predicted octanol–water partition coefficient (Wildman–Crippen LogP) is 5.73. The Labute approximate surface area is 194 Å². The number of aryl methyl sites for hydroxylation is 1. The van der Waals surface area contributed by atoms with Crippen molar-refractivity contribution >= 4 is 22.6 Å². The van der Waals surface area contributed by atoms with Crippen molar-refractivity contribution in [2.75, 3.05) is 0 Å². The van der Waals surface area contributed by atoms with Crippen LogP contribution in [0.5, 0.6) is 5.75 Å². The van der Waals surface area contributed by atoms with Crippen molar-refractivity contribution in [2.45, 2.75) is 45.0 Å². The predicted molar refractivity (Wildman–Crippen MR) is 121 cm³/mol. The molecular formula is C26H24F3NO4. The SMILES string of the molecule is Cc1ccc2ccc(C(=O)NC(C(=O)O)C3CCC3)c(OCc3ccc(C(F)(F)F)cc3)c2c1. The Morgan fingerprint density at radius 3 is 2.35 bits per heavy atom. The normalized spacial score (nSPS) is 14.9. The summed E-state index contributed by atoms with van der Waals surface area (Å²) in [7, 11) is 0. The summed E-state index contributed by atoms with van der Waals surface area (Å²) >= 11 is 0. The largest absolute Gasteiger partial charge is 0.487 e. The van der Waals surface area contributed by atoms with Gasteiger partial charge in [0.15, 0.2) is 0 Å². The number of halogens is 3. The molecule has 1 unspecified atom stereocenters. The number of nitrogens with one attached hydrogen (secondary N) is 1. The molecule has 2 N–H and O–H groups in total. The van der Waals surface area contributed by atoms with E-state index < -0.39 is 29.7 Å². The number of aliphatic carboxylic acids is 1. The Morgan fingerprint density at radius 2 is 1.76 bits per heavy atom. The number of ether oxygens (including phenoxy) is 1. The van der Waals surface area contributed by atoms with Crippen LogP contribution in [0.1, 0.15) is 46.3 Å². The summed E-state index contributed by atoms with van der Waals surface area (Å²) < 4.78 is 44.6. The molecule has 1 fully saturated rings. The number of carboxylic acid groups (broad SMARTS) is 1. The van der Waals surface area contributed by atoms with Gasteiger partial charge < -0.3 is 15.2 Å². The number of amides is 1. The van der Waals surface area contributed by atoms with E-state index in [1.807, 2.05) is 25.1 Å². The molecule has 0 bridgehead atoms. The van der Waals surface area contributed by atoms with Gasteiger partial charge in [-0.2, -0.15) is 13.2 Å². The molecule has 0 radical (unpaired) electrons. The van der Waals surface area contributed by atoms with Crippen LogP contribution in [0.2, 0.25) is 0 Å². The first kappa shape index (κ1) is 23.6. The minimum atomic E-state index is -4.43. The third-order valence-corrected chi connectivity index (χ3v) is 6.21. The lowest BCUT2D eigenvalue weighted by atomic mass is 9.79. The van der Waals surface area contributed by atoms with Crippen LogP contribution >= 0.6 is 0 Å². The molecular weight excluding hydrogens is 447 g/mol. The van der Waals surface area contributed by atoms with Gasteiger partial charge in [0.1, 0.15) is 18.4 Å². The van der Waals surface area contributed by atoms with Crippen molar-refractivity contribution in [3.05, 3.63) is 76.9 Å². The molecule has 0 aromatic heterocycles. The maximum atomic E-state index is 13.1. The number of carbonyl (C=O) groups excluding carboxylic acids is 1. The third-order valence-electron chi connectivity index (χ3n) is 6.21. The van der Waals surface area contributed by atoms with Crippen molar-refractivity contribution < 1.29 is 32.6 Å². The highest BCUT2D eigenvalue weighted by Gasteiger charge is 2.34. The van der Waals surface area contributed by atoms with Gasteiger partial charge in [-0.05, 0) is 60.9 Å². The smallest absolute Gasteiger partial charge is 0.416 e. The van der Waals surface area contributed by atoms with E-state index >= 15 is 0 Å². The van der Waals surface area contributed by atoms with Crippen molar-refractivity contribution in [3.63, 3.8) is 0 Å². The fourth-order valence-corrected chi connectivity index (χ4v) is 4.06. The van der Waals surface area contributed by atoms with Gasteiger partial charge in [-0.15, -0.1) is 0 Å². The molecule has 5 nitrogen and oxygen atoms in total. The first-order valence-corrected chi connectivity index (χ1v) is 11.0. The molecule has 34 heavy (non-hydrogen) atoms. The zero-order valence-electron chi connectivity index (χ0n) is 18.5. The monoisotopic (exact) mass is 471 g/mol. The number of carbonyl (C=O) groups is 2. The van der Waals surface area contributed by atoms with Crippen LogP contribution in [0.15, 0.2) is 54.6 Å². The number of hydrogen-bond acceptors (Lipinski definition) is 3. The van der Waals surface area contributed by atoms with Gasteiger partial charge in [-0.1, -0.05) is 42.3 Å². The van der Waals surface area contributed by atoms with Gasteiger partial charge in [0.2, 0.25) is 0 Å². The minimum Gasteiger partial charge on any atom is -0.487 e. The Kier molecular flexibility index (Phi) is 6.50. The van der Waals surface area contributed by atoms with E-state index in [1.165, 1.54) is 12.1 Å². The maximum Gasteiger partial charge on any atom is 0.416 e. The van der Waals surface area contributed by atoms with Crippen molar-refractivity contribution in [1.29, 1.82) is 0 Å². The minimum absolute atomic E-state index is 0.0591. The van der Waals surface area contributed by atoms with Crippen LogP contribution in [0.25, 0.3) is 10.8 Å². The van der Waals surface area contributed by atoms with E-state index in [-0.39, 0.29) is 23.8 Å². The van der Waals surface area contributed by atoms with Crippen molar-refractivity contribution in [3.8, 4) is 5.75 Å². The molecule has 1 saturated carbocycles. The number of benzene rings is 3. The van der Waals surface area contributed by atoms with E-state index in [2.05, 4.69) is 5.32 Å². The second-order valence-electron chi connectivity index (χ2n) is 8.63. The van der Waals surface area contributed by atoms with Gasteiger partial charge in [-0.3, -0.25) is 4.79 Å². The molecule has 178 valence electrons. The van der Waals surface area contributed by atoms with E-state index in [0.29, 0.717) is 10.9 Å². The molecule has 0 spiro atoms. The van der Waals surface area contributed by atoms with Gasteiger partial charge in [0.05, 0.1) is 11.1 Å². The fraction of sp³-hybridized carbons (Fsp3) is 0.308. The Balaban J connectivity index is 1.64. The van der Waals surface area contributed by atoms with Crippen LogP contribution in [-0.4, -0.2) is 23.0 Å². The Hall–Kier alpha value is -3.55. The molecule has 3 aromatic carbocycles. The highest BCUT2D eigenvalue weighted by atomic mass is 19.4. The summed E-state index contributed by atoms with van der Waals surface area (Å²) in [6, 6.07) is 12.6. The average molecular weight is 471 g/mol. The second kappa shape index (κ2) is 9.37. The zero-order chi connectivity index (χ0) is 24.5. The second-order valence-corrected chi connectivity index (χ2v) is 8.63. The first-order valence-electron chi connectivity index (χ1n) is 11.0. The zero-order valence-corrected chi connectivity index (χ0v) is 18.5. The molecule has 8 heteroatoms. The summed E-state index contributed by atoms with van der Waals surface area (Å²) in [4.78, 5) is 24.9. The highest BCUT2D eigenvalue weighted by Crippen LogP contribution is 2.34. The lowest BCUT2D eigenvalue weighted by Gasteiger charge is -2.31. The molecule has 1 aliphatic carbocycles. The molecule has 1 amide bonds. The van der Waals surface area contributed by atoms with Crippen molar-refractivity contribution in [1.82, 2.24) is 5.32 Å². The average Bonchev–Trinajstić information content (AvgIpc) is 2.75. The summed E-state index contributed by atoms with van der Waals surface area (Å²) in [5, 5.41) is 13.7. The quantitative estimate of drug-likeness (QED) is 0.462. The number of fused-ring (bicyclic) bond motifs is 1.